The van der Waals surface area contributed by atoms with Crippen LogP contribution in [0.25, 0.3) is 0 Å². The molecule has 7 heteroatoms. The van der Waals surface area contributed by atoms with E-state index < -0.39 is 0 Å². The van der Waals surface area contributed by atoms with Gasteiger partial charge in [-0.05, 0) is 25.7 Å². The summed E-state index contributed by atoms with van der Waals surface area (Å²) in [7, 11) is 1.84. The summed E-state index contributed by atoms with van der Waals surface area (Å²) in [6.07, 6.45) is 6.85. The summed E-state index contributed by atoms with van der Waals surface area (Å²) in [5.74, 6) is 3.01. The van der Waals surface area contributed by atoms with E-state index in [0.29, 0.717) is 12.1 Å². The quantitative estimate of drug-likeness (QED) is 0.455. The molecule has 0 bridgehead atoms. The summed E-state index contributed by atoms with van der Waals surface area (Å²) in [5, 5.41) is 11.6. The first kappa shape index (κ1) is 16.5. The van der Waals surface area contributed by atoms with E-state index in [0.717, 1.165) is 43.4 Å². The van der Waals surface area contributed by atoms with Gasteiger partial charge in [0.1, 0.15) is 5.82 Å². The molecular formula is C14H25IN6. The fourth-order valence-corrected chi connectivity index (χ4v) is 2.74. The Morgan fingerprint density at radius 3 is 2.67 bits per heavy atom. The Balaban J connectivity index is 0.00000161. The first-order valence-corrected chi connectivity index (χ1v) is 7.71. The van der Waals surface area contributed by atoms with Crippen molar-refractivity contribution in [2.75, 3.05) is 7.05 Å². The summed E-state index contributed by atoms with van der Waals surface area (Å²) in [4.78, 5) is 8.88. The van der Waals surface area contributed by atoms with Gasteiger partial charge in [-0.1, -0.05) is 6.92 Å². The molecule has 0 aromatic carbocycles. The normalized spacial score (nSPS) is 22.0. The topological polar surface area (TPSA) is 67.1 Å². The van der Waals surface area contributed by atoms with Crippen LogP contribution in [0.15, 0.2) is 4.99 Å². The molecule has 21 heavy (non-hydrogen) atoms. The molecule has 118 valence electrons. The van der Waals surface area contributed by atoms with Crippen LogP contribution >= 0.6 is 24.0 Å². The van der Waals surface area contributed by atoms with Crippen LogP contribution in [0, 0.1) is 0 Å². The van der Waals surface area contributed by atoms with Crippen molar-refractivity contribution in [3.05, 3.63) is 11.6 Å². The maximum Gasteiger partial charge on any atom is 0.191 e. The summed E-state index contributed by atoms with van der Waals surface area (Å²) in [6.45, 7) is 2.98. The van der Waals surface area contributed by atoms with Crippen molar-refractivity contribution in [1.82, 2.24) is 25.4 Å². The number of aliphatic imine (C=N–C) groups is 1. The molecule has 1 aliphatic carbocycles. The van der Waals surface area contributed by atoms with Crippen molar-refractivity contribution in [3.8, 4) is 0 Å². The average molecular weight is 404 g/mol. The van der Waals surface area contributed by atoms with Gasteiger partial charge >= 0.3 is 0 Å². The predicted octanol–water partition coefficient (Wildman–Crippen LogP) is 1.49. The monoisotopic (exact) mass is 404 g/mol. The number of fused-ring (bicyclic) bond motifs is 1. The Hall–Kier alpha value is -0.860. The minimum atomic E-state index is 0. The lowest BCUT2D eigenvalue weighted by molar-refractivity contribution is 0.363. The van der Waals surface area contributed by atoms with Crippen LogP contribution in [-0.4, -0.2) is 39.9 Å². The Labute approximate surface area is 143 Å². The molecule has 6 nitrogen and oxygen atoms in total. The van der Waals surface area contributed by atoms with Crippen LogP contribution in [0.3, 0.4) is 0 Å². The highest BCUT2D eigenvalue weighted by molar-refractivity contribution is 14.0. The number of rotatable bonds is 3. The van der Waals surface area contributed by atoms with Crippen molar-refractivity contribution in [2.24, 2.45) is 4.99 Å². The van der Waals surface area contributed by atoms with E-state index in [2.05, 4.69) is 37.3 Å². The molecular weight excluding hydrogens is 379 g/mol. The molecule has 2 heterocycles. The van der Waals surface area contributed by atoms with Crippen molar-refractivity contribution >= 4 is 29.9 Å². The summed E-state index contributed by atoms with van der Waals surface area (Å²) in [5.41, 5.74) is 0. The van der Waals surface area contributed by atoms with Crippen molar-refractivity contribution in [1.29, 1.82) is 0 Å². The number of hydrogen-bond donors (Lipinski definition) is 2. The lowest BCUT2D eigenvalue weighted by atomic mass is 9.93. The molecule has 1 unspecified atom stereocenters. The van der Waals surface area contributed by atoms with Gasteiger partial charge in [-0.15, -0.1) is 24.0 Å². The second kappa shape index (κ2) is 7.42. The maximum absolute atomic E-state index is 4.55. The van der Waals surface area contributed by atoms with Crippen LogP contribution in [0.2, 0.25) is 0 Å². The summed E-state index contributed by atoms with van der Waals surface area (Å²) >= 11 is 0. The average Bonchev–Trinajstić information content (AvgIpc) is 2.83. The number of guanidine groups is 1. The highest BCUT2D eigenvalue weighted by Gasteiger charge is 2.24. The van der Waals surface area contributed by atoms with Crippen molar-refractivity contribution < 1.29 is 0 Å². The van der Waals surface area contributed by atoms with Gasteiger partial charge in [0.05, 0.1) is 6.54 Å². The largest absolute Gasteiger partial charge is 0.354 e. The predicted molar refractivity (Wildman–Crippen MR) is 94.2 cm³/mol. The second-order valence-corrected chi connectivity index (χ2v) is 5.70. The second-order valence-electron chi connectivity index (χ2n) is 5.70. The van der Waals surface area contributed by atoms with Crippen LogP contribution in [0.5, 0.6) is 0 Å². The summed E-state index contributed by atoms with van der Waals surface area (Å²) in [6, 6.07) is 0.999. The number of nitrogens with zero attached hydrogens (tertiary/aromatic N) is 4. The molecule has 2 aliphatic rings. The lowest BCUT2D eigenvalue weighted by Gasteiger charge is -2.31. The van der Waals surface area contributed by atoms with Gasteiger partial charge in [-0.25, -0.2) is 9.67 Å². The van der Waals surface area contributed by atoms with E-state index in [9.17, 15) is 0 Å². The first-order valence-electron chi connectivity index (χ1n) is 7.71. The molecule has 3 rings (SSSR count). The fourth-order valence-electron chi connectivity index (χ4n) is 2.74. The highest BCUT2D eigenvalue weighted by atomic mass is 127. The van der Waals surface area contributed by atoms with E-state index in [-0.39, 0.29) is 24.0 Å². The standard InChI is InChI=1S/C14H24N6.HI/c1-3-12-18-13-8-7-11(9-20(13)19-12)17-14(15-2)16-10-5-4-6-10;/h10-11H,3-9H2,1-2H3,(H2,15,16,17);1H. The molecule has 1 aromatic rings. The molecule has 1 aromatic heterocycles. The minimum Gasteiger partial charge on any atom is -0.354 e. The SMILES string of the molecule is CCc1nc2n(n1)CC(NC(=NC)NC1CCC1)CC2.I. The van der Waals surface area contributed by atoms with Gasteiger partial charge < -0.3 is 10.6 Å². The fraction of sp³-hybridized carbons (Fsp3) is 0.786. The van der Waals surface area contributed by atoms with Gasteiger partial charge in [0.25, 0.3) is 0 Å². The van der Waals surface area contributed by atoms with E-state index in [4.69, 9.17) is 0 Å². The number of aryl methyl sites for hydroxylation is 2. The Kier molecular flexibility index (Phi) is 5.83. The third-order valence-electron chi connectivity index (χ3n) is 4.23. The zero-order valence-electron chi connectivity index (χ0n) is 12.8. The molecule has 0 amide bonds. The van der Waals surface area contributed by atoms with E-state index in [1.807, 2.05) is 7.05 Å². The lowest BCUT2D eigenvalue weighted by Crippen LogP contribution is -2.51. The van der Waals surface area contributed by atoms with E-state index in [1.54, 1.807) is 0 Å². The highest BCUT2D eigenvalue weighted by Crippen LogP contribution is 2.18. The van der Waals surface area contributed by atoms with Gasteiger partial charge in [0, 0.05) is 32.0 Å². The molecule has 1 fully saturated rings. The zero-order valence-corrected chi connectivity index (χ0v) is 15.1. The zero-order chi connectivity index (χ0) is 13.9. The molecule has 1 atom stereocenters. The maximum atomic E-state index is 4.55. The van der Waals surface area contributed by atoms with Crippen LogP contribution < -0.4 is 10.6 Å². The Morgan fingerprint density at radius 2 is 2.05 bits per heavy atom. The Morgan fingerprint density at radius 1 is 1.29 bits per heavy atom. The number of hydrogen-bond acceptors (Lipinski definition) is 3. The third-order valence-corrected chi connectivity index (χ3v) is 4.23. The van der Waals surface area contributed by atoms with Crippen LogP contribution in [-0.2, 0) is 19.4 Å². The minimum absolute atomic E-state index is 0. The van der Waals surface area contributed by atoms with E-state index in [1.165, 1.54) is 19.3 Å². The van der Waals surface area contributed by atoms with Crippen molar-refractivity contribution in [3.63, 3.8) is 0 Å². The van der Waals surface area contributed by atoms with Crippen molar-refractivity contribution in [2.45, 2.75) is 64.1 Å². The molecule has 0 saturated heterocycles. The molecule has 1 aliphatic heterocycles. The number of halogens is 1. The number of aromatic nitrogens is 3. The van der Waals surface area contributed by atoms with Gasteiger partial charge in [-0.2, -0.15) is 5.10 Å². The van der Waals surface area contributed by atoms with E-state index >= 15 is 0 Å². The number of nitrogens with one attached hydrogen (secondary N) is 2. The third kappa shape index (κ3) is 3.87. The van der Waals surface area contributed by atoms with Gasteiger partial charge in [0.15, 0.2) is 11.8 Å². The van der Waals surface area contributed by atoms with Crippen LogP contribution in [0.4, 0.5) is 0 Å². The smallest absolute Gasteiger partial charge is 0.191 e. The Bertz CT molecular complexity index is 494. The van der Waals surface area contributed by atoms with Gasteiger partial charge in [-0.3, -0.25) is 4.99 Å². The molecule has 2 N–H and O–H groups in total. The first-order chi connectivity index (χ1) is 9.78. The summed E-state index contributed by atoms with van der Waals surface area (Å²) < 4.78 is 2.05. The van der Waals surface area contributed by atoms with Gasteiger partial charge in [0.2, 0.25) is 0 Å². The molecule has 1 saturated carbocycles. The molecule has 0 radical (unpaired) electrons. The van der Waals surface area contributed by atoms with Crippen LogP contribution in [0.1, 0.15) is 44.3 Å². The molecule has 0 spiro atoms.